The lowest BCUT2D eigenvalue weighted by molar-refractivity contribution is -0.142. The number of nitrogens with one attached hydrogen (secondary N) is 1. The monoisotopic (exact) mass is 584 g/mol. The Kier molecular flexibility index (Phi) is 13.7. The lowest BCUT2D eigenvalue weighted by Crippen LogP contribution is -2.56. The van der Waals surface area contributed by atoms with Gasteiger partial charge in [-0.15, -0.1) is 0 Å². The van der Waals surface area contributed by atoms with Gasteiger partial charge in [0.2, 0.25) is 5.91 Å². The number of carbonyl (C=O) groups excluding carboxylic acids is 2. The van der Waals surface area contributed by atoms with Gasteiger partial charge in [-0.1, -0.05) is 59.2 Å². The van der Waals surface area contributed by atoms with Crippen LogP contribution in [0.4, 0.5) is 4.79 Å². The maximum Gasteiger partial charge on any atom is 0.411 e. The summed E-state index contributed by atoms with van der Waals surface area (Å²) in [5, 5.41) is 12.5. The van der Waals surface area contributed by atoms with Crippen molar-refractivity contribution in [3.05, 3.63) is 70.3 Å². The van der Waals surface area contributed by atoms with Crippen LogP contribution in [0.25, 0.3) is 0 Å². The van der Waals surface area contributed by atoms with E-state index in [-0.39, 0.29) is 12.3 Å². The van der Waals surface area contributed by atoms with Crippen LogP contribution >= 0.6 is 11.8 Å². The van der Waals surface area contributed by atoms with Gasteiger partial charge in [-0.05, 0) is 85.3 Å². The standard InChI is InChI=1S/C33H48N2O5S/c1-23(2)12-10-13-24(3)14-11-15-25(4)18-19-41-22-28(31(37)38)34-30(36)29-20-26-16-8-9-17-27(26)21-35(29)32(39)40-33(5,6)7/h8-9,12,14,16-18,28-29H,10-11,13,15,19-22H2,1-7H3,(H,34,36)(H,37,38)/t28-,29+/m0/s1. The van der Waals surface area contributed by atoms with Crippen molar-refractivity contribution in [2.75, 3.05) is 11.5 Å². The fourth-order valence-electron chi connectivity index (χ4n) is 4.44. The first-order valence-corrected chi connectivity index (χ1v) is 15.5. The van der Waals surface area contributed by atoms with E-state index in [1.807, 2.05) is 24.3 Å². The summed E-state index contributed by atoms with van der Waals surface area (Å²) >= 11 is 1.46. The Balaban J connectivity index is 1.94. The molecule has 0 radical (unpaired) electrons. The number of carboxylic acid groups (broad SMARTS) is 1. The highest BCUT2D eigenvalue weighted by Gasteiger charge is 2.38. The molecule has 0 bridgehead atoms. The number of carbonyl (C=O) groups is 3. The molecule has 1 aliphatic heterocycles. The normalized spacial score (nSPS) is 16.5. The van der Waals surface area contributed by atoms with Crippen LogP contribution in [0.15, 0.2) is 59.2 Å². The molecule has 41 heavy (non-hydrogen) atoms. The molecule has 7 nitrogen and oxygen atoms in total. The van der Waals surface area contributed by atoms with E-state index in [2.05, 4.69) is 51.2 Å². The maximum atomic E-state index is 13.4. The Morgan fingerprint density at radius 1 is 1.02 bits per heavy atom. The molecular formula is C33H48N2O5S. The molecule has 1 aliphatic rings. The first kappa shape index (κ1) is 34.2. The number of rotatable bonds is 13. The van der Waals surface area contributed by atoms with E-state index in [1.165, 1.54) is 33.4 Å². The summed E-state index contributed by atoms with van der Waals surface area (Å²) < 4.78 is 5.57. The minimum atomic E-state index is -1.10. The summed E-state index contributed by atoms with van der Waals surface area (Å²) in [5.41, 5.74) is 5.20. The summed E-state index contributed by atoms with van der Waals surface area (Å²) in [6, 6.07) is 5.73. The largest absolute Gasteiger partial charge is 0.480 e. The van der Waals surface area contributed by atoms with Gasteiger partial charge in [0.1, 0.15) is 17.7 Å². The first-order chi connectivity index (χ1) is 19.3. The van der Waals surface area contributed by atoms with Gasteiger partial charge in [0, 0.05) is 17.9 Å². The van der Waals surface area contributed by atoms with Gasteiger partial charge in [-0.3, -0.25) is 9.69 Å². The van der Waals surface area contributed by atoms with Crippen molar-refractivity contribution in [3.63, 3.8) is 0 Å². The molecule has 0 unspecified atom stereocenters. The molecular weight excluding hydrogens is 536 g/mol. The van der Waals surface area contributed by atoms with Gasteiger partial charge in [0.05, 0.1) is 6.54 Å². The van der Waals surface area contributed by atoms with E-state index >= 15 is 0 Å². The fraction of sp³-hybridized carbons (Fsp3) is 0.545. The molecule has 0 saturated heterocycles. The van der Waals surface area contributed by atoms with E-state index in [9.17, 15) is 19.5 Å². The number of fused-ring (bicyclic) bond motifs is 1. The third-order valence-corrected chi connectivity index (χ3v) is 7.72. The summed E-state index contributed by atoms with van der Waals surface area (Å²) in [6.07, 6.45) is 10.5. The van der Waals surface area contributed by atoms with Crippen LogP contribution in [-0.4, -0.2) is 57.2 Å². The van der Waals surface area contributed by atoms with Gasteiger partial charge in [0.15, 0.2) is 0 Å². The molecule has 226 valence electrons. The Hall–Kier alpha value is -3.00. The Bertz CT molecular complexity index is 1140. The number of ether oxygens (including phenoxy) is 1. The summed E-state index contributed by atoms with van der Waals surface area (Å²) in [4.78, 5) is 39.8. The van der Waals surface area contributed by atoms with E-state index < -0.39 is 35.7 Å². The molecule has 8 heteroatoms. The molecule has 2 rings (SSSR count). The molecule has 0 spiro atoms. The zero-order chi connectivity index (χ0) is 30.6. The SMILES string of the molecule is CC(C)=CCCC(C)=CCCC(C)=CCSC[C@H](NC(=O)[C@H]1Cc2ccccc2CN1C(=O)OC(C)(C)C)C(=O)O. The van der Waals surface area contributed by atoms with Crippen LogP contribution in [0.3, 0.4) is 0 Å². The number of hydrogen-bond acceptors (Lipinski definition) is 5. The highest BCUT2D eigenvalue weighted by molar-refractivity contribution is 7.99. The second-order valence-electron chi connectivity index (χ2n) is 12.0. The summed E-state index contributed by atoms with van der Waals surface area (Å²) in [5.74, 6) is -0.698. The van der Waals surface area contributed by atoms with Crippen molar-refractivity contribution in [1.29, 1.82) is 0 Å². The molecule has 2 amide bonds. The smallest absolute Gasteiger partial charge is 0.411 e. The molecule has 0 saturated carbocycles. The van der Waals surface area contributed by atoms with Crippen LogP contribution in [-0.2, 0) is 27.3 Å². The number of aliphatic carboxylic acids is 1. The number of carboxylic acids is 1. The van der Waals surface area contributed by atoms with Crippen LogP contribution in [0.5, 0.6) is 0 Å². The topological polar surface area (TPSA) is 95.9 Å². The quantitative estimate of drug-likeness (QED) is 0.190. The van der Waals surface area contributed by atoms with Crippen LogP contribution in [0, 0.1) is 0 Å². The fourth-order valence-corrected chi connectivity index (χ4v) is 5.44. The van der Waals surface area contributed by atoms with E-state index in [0.717, 1.165) is 36.8 Å². The van der Waals surface area contributed by atoms with Gasteiger partial charge in [0.25, 0.3) is 0 Å². The van der Waals surface area contributed by atoms with Crippen molar-refractivity contribution in [2.45, 2.75) is 105 Å². The first-order valence-electron chi connectivity index (χ1n) is 14.4. The van der Waals surface area contributed by atoms with Crippen molar-refractivity contribution < 1.29 is 24.2 Å². The second-order valence-corrected chi connectivity index (χ2v) is 13.1. The minimum Gasteiger partial charge on any atom is -0.480 e. The van der Waals surface area contributed by atoms with E-state index in [0.29, 0.717) is 12.2 Å². The Morgan fingerprint density at radius 2 is 1.63 bits per heavy atom. The Morgan fingerprint density at radius 3 is 2.24 bits per heavy atom. The van der Waals surface area contributed by atoms with Crippen molar-refractivity contribution in [1.82, 2.24) is 10.2 Å². The zero-order valence-electron chi connectivity index (χ0n) is 25.8. The summed E-state index contributed by atoms with van der Waals surface area (Å²) in [6.45, 7) is 14.1. The lowest BCUT2D eigenvalue weighted by Gasteiger charge is -2.37. The van der Waals surface area contributed by atoms with Gasteiger partial charge >= 0.3 is 12.1 Å². The number of nitrogens with zero attached hydrogens (tertiary/aromatic N) is 1. The minimum absolute atomic E-state index is 0.226. The maximum absolute atomic E-state index is 13.4. The van der Waals surface area contributed by atoms with Crippen molar-refractivity contribution in [3.8, 4) is 0 Å². The van der Waals surface area contributed by atoms with Crippen LogP contribution in [0.2, 0.25) is 0 Å². The highest BCUT2D eigenvalue weighted by Crippen LogP contribution is 2.26. The van der Waals surface area contributed by atoms with Crippen LogP contribution in [0.1, 0.15) is 85.3 Å². The summed E-state index contributed by atoms with van der Waals surface area (Å²) in [7, 11) is 0. The van der Waals surface area contributed by atoms with Gasteiger partial charge < -0.3 is 15.2 Å². The molecule has 0 aromatic heterocycles. The van der Waals surface area contributed by atoms with Crippen LogP contribution < -0.4 is 5.32 Å². The number of allylic oxidation sites excluding steroid dienone is 5. The van der Waals surface area contributed by atoms with E-state index in [1.54, 1.807) is 20.8 Å². The second kappa shape index (κ2) is 16.4. The predicted octanol–water partition coefficient (Wildman–Crippen LogP) is 7.07. The molecule has 0 fully saturated rings. The molecule has 1 heterocycles. The third-order valence-electron chi connectivity index (χ3n) is 6.75. The average molecular weight is 585 g/mol. The zero-order valence-corrected chi connectivity index (χ0v) is 26.6. The molecule has 1 aromatic rings. The number of amides is 2. The number of benzene rings is 1. The van der Waals surface area contributed by atoms with E-state index in [4.69, 9.17) is 4.74 Å². The molecule has 1 aromatic carbocycles. The van der Waals surface area contributed by atoms with Crippen molar-refractivity contribution in [2.24, 2.45) is 0 Å². The van der Waals surface area contributed by atoms with Gasteiger partial charge in [-0.2, -0.15) is 11.8 Å². The third kappa shape index (κ3) is 12.6. The predicted molar refractivity (Wildman–Crippen MR) is 168 cm³/mol. The highest BCUT2D eigenvalue weighted by atomic mass is 32.2. The molecule has 0 aliphatic carbocycles. The number of hydrogen-bond donors (Lipinski definition) is 2. The van der Waals surface area contributed by atoms with Crippen molar-refractivity contribution >= 4 is 29.7 Å². The lowest BCUT2D eigenvalue weighted by atomic mass is 9.93. The average Bonchev–Trinajstić information content (AvgIpc) is 2.88. The molecule has 2 atom stereocenters. The Labute approximate surface area is 250 Å². The van der Waals surface area contributed by atoms with Gasteiger partial charge in [-0.25, -0.2) is 9.59 Å². The number of thioether (sulfide) groups is 1. The molecule has 2 N–H and O–H groups in total.